The smallest absolute Gasteiger partial charge is 0.397 e. The van der Waals surface area contributed by atoms with Gasteiger partial charge in [-0.3, -0.25) is 4.79 Å². The summed E-state index contributed by atoms with van der Waals surface area (Å²) in [5, 5.41) is 4.66. The number of nitrogens with zero attached hydrogens (tertiary/aromatic N) is 4. The summed E-state index contributed by atoms with van der Waals surface area (Å²) < 4.78 is 74.6. The lowest BCUT2D eigenvalue weighted by molar-refractivity contribution is -0.219. The van der Waals surface area contributed by atoms with Crippen molar-refractivity contribution >= 4 is 33.5 Å². The molecule has 14 heteroatoms. The standard InChI is InChI=1S/C28H36F3N5O4S2/c1-9-20(17(2)3)42(38,39)34-24(37)19-10-11-21(32-23(19)35-15-27(18(4)41-27)14-26(35,7)8)36-13-12-22(33-36)40-16-25(5,6)28(29,30)31/h9-13,18H,2,14-16H2,1,3-8H3,(H,34,37)/b20-9+/t18-,27?/m0/s1. The first kappa shape index (κ1) is 31.9. The fourth-order valence-corrected chi connectivity index (χ4v) is 7.72. The van der Waals surface area contributed by atoms with Gasteiger partial charge < -0.3 is 9.64 Å². The summed E-state index contributed by atoms with van der Waals surface area (Å²) in [7, 11) is -4.20. The second-order valence-corrected chi connectivity index (χ2v) is 15.5. The molecule has 1 spiro atoms. The molecule has 0 radical (unpaired) electrons. The van der Waals surface area contributed by atoms with Gasteiger partial charge >= 0.3 is 6.18 Å². The van der Waals surface area contributed by atoms with E-state index in [1.54, 1.807) is 6.92 Å². The molecule has 42 heavy (non-hydrogen) atoms. The largest absolute Gasteiger partial charge is 0.476 e. The maximum atomic E-state index is 13.5. The van der Waals surface area contributed by atoms with Crippen molar-refractivity contribution in [1.29, 1.82) is 0 Å². The van der Waals surface area contributed by atoms with E-state index in [4.69, 9.17) is 9.72 Å². The van der Waals surface area contributed by atoms with Crippen LogP contribution in [-0.2, 0) is 10.0 Å². The lowest BCUT2D eigenvalue weighted by Gasteiger charge is -2.33. The third kappa shape index (κ3) is 6.05. The summed E-state index contributed by atoms with van der Waals surface area (Å²) in [6, 6.07) is 4.39. The van der Waals surface area contributed by atoms with Crippen molar-refractivity contribution in [3.05, 3.63) is 53.1 Å². The molecule has 1 unspecified atom stereocenters. The highest BCUT2D eigenvalue weighted by atomic mass is 32.2. The summed E-state index contributed by atoms with van der Waals surface area (Å²) in [6.07, 6.45) is -0.755. The molecule has 2 aromatic heterocycles. The molecule has 4 rings (SSSR count). The molecule has 2 atom stereocenters. The second-order valence-electron chi connectivity index (χ2n) is 12.1. The number of halogens is 3. The zero-order valence-corrected chi connectivity index (χ0v) is 26.3. The van der Waals surface area contributed by atoms with Gasteiger partial charge in [-0.2, -0.15) is 13.2 Å². The molecule has 9 nitrogen and oxygen atoms in total. The topological polar surface area (TPSA) is 106 Å². The van der Waals surface area contributed by atoms with Crippen LogP contribution in [0.25, 0.3) is 5.82 Å². The molecule has 1 amide bonds. The first-order chi connectivity index (χ1) is 19.2. The van der Waals surface area contributed by atoms with Crippen LogP contribution in [0.3, 0.4) is 0 Å². The minimum atomic E-state index is -4.45. The summed E-state index contributed by atoms with van der Waals surface area (Å²) in [4.78, 5) is 20.2. The lowest BCUT2D eigenvalue weighted by Crippen LogP contribution is -2.41. The van der Waals surface area contributed by atoms with E-state index in [2.05, 4.69) is 23.3 Å². The van der Waals surface area contributed by atoms with Crippen LogP contribution in [0.4, 0.5) is 19.0 Å². The summed E-state index contributed by atoms with van der Waals surface area (Å²) in [5.74, 6) is -0.323. The van der Waals surface area contributed by atoms with Gasteiger partial charge in [-0.15, -0.1) is 16.9 Å². The number of carbonyl (C=O) groups excluding carboxylic acids is 1. The lowest BCUT2D eigenvalue weighted by atomic mass is 9.94. The Morgan fingerprint density at radius 1 is 1.29 bits per heavy atom. The van der Waals surface area contributed by atoms with Crippen LogP contribution in [-0.4, -0.2) is 64.0 Å². The minimum Gasteiger partial charge on any atom is -0.476 e. The molecule has 0 saturated carbocycles. The van der Waals surface area contributed by atoms with Gasteiger partial charge in [0.05, 0.1) is 15.9 Å². The van der Waals surface area contributed by atoms with Gasteiger partial charge in [0.25, 0.3) is 15.9 Å². The molecule has 0 aromatic carbocycles. The summed E-state index contributed by atoms with van der Waals surface area (Å²) >= 11 is 1.85. The highest BCUT2D eigenvalue weighted by molar-refractivity contribution is 8.08. The number of rotatable bonds is 9. The molecular formula is C28H36F3N5O4S2. The van der Waals surface area contributed by atoms with E-state index in [1.807, 2.05) is 30.5 Å². The number of hydrogen-bond donors (Lipinski definition) is 1. The minimum absolute atomic E-state index is 0.00290. The number of anilines is 1. The Labute approximate surface area is 248 Å². The predicted molar refractivity (Wildman–Crippen MR) is 157 cm³/mol. The van der Waals surface area contributed by atoms with Crippen molar-refractivity contribution in [1.82, 2.24) is 19.5 Å². The van der Waals surface area contributed by atoms with Crippen LogP contribution in [0.2, 0.25) is 0 Å². The van der Waals surface area contributed by atoms with Crippen LogP contribution in [0.15, 0.2) is 47.5 Å². The zero-order valence-electron chi connectivity index (χ0n) is 24.7. The Bertz CT molecular complexity index is 1550. The van der Waals surface area contributed by atoms with E-state index in [0.29, 0.717) is 11.8 Å². The molecule has 2 aliphatic heterocycles. The van der Waals surface area contributed by atoms with Gasteiger partial charge in [0.1, 0.15) is 12.4 Å². The summed E-state index contributed by atoms with van der Waals surface area (Å²) in [6.45, 7) is 15.1. The number of allylic oxidation sites excluding steroid dienone is 2. The Hall–Kier alpha value is -3.00. The number of amides is 1. The number of nitrogens with one attached hydrogen (secondary N) is 1. The number of carbonyl (C=O) groups is 1. The van der Waals surface area contributed by atoms with E-state index >= 15 is 0 Å². The molecule has 2 aromatic rings. The first-order valence-corrected chi connectivity index (χ1v) is 15.7. The van der Waals surface area contributed by atoms with Crippen molar-refractivity contribution in [2.45, 2.75) is 76.6 Å². The van der Waals surface area contributed by atoms with Crippen LogP contribution in [0.1, 0.15) is 65.2 Å². The molecular weight excluding hydrogens is 591 g/mol. The number of sulfonamides is 1. The van der Waals surface area contributed by atoms with E-state index in [1.165, 1.54) is 42.1 Å². The maximum Gasteiger partial charge on any atom is 0.397 e. The molecule has 2 saturated heterocycles. The van der Waals surface area contributed by atoms with Crippen LogP contribution in [0.5, 0.6) is 5.88 Å². The van der Waals surface area contributed by atoms with E-state index < -0.39 is 39.7 Å². The van der Waals surface area contributed by atoms with Gasteiger partial charge in [-0.05, 0) is 65.7 Å². The zero-order chi connectivity index (χ0) is 31.5. The van der Waals surface area contributed by atoms with Gasteiger partial charge in [-0.25, -0.2) is 22.8 Å². The average molecular weight is 628 g/mol. The Morgan fingerprint density at radius 2 is 1.93 bits per heavy atom. The highest BCUT2D eigenvalue weighted by Crippen LogP contribution is 2.62. The van der Waals surface area contributed by atoms with Gasteiger partial charge in [0.15, 0.2) is 5.82 Å². The van der Waals surface area contributed by atoms with Crippen molar-refractivity contribution in [2.75, 3.05) is 18.1 Å². The average Bonchev–Trinajstić information content (AvgIpc) is 3.16. The number of aromatic nitrogens is 3. The van der Waals surface area contributed by atoms with Crippen LogP contribution >= 0.6 is 11.8 Å². The highest BCUT2D eigenvalue weighted by Gasteiger charge is 2.62. The van der Waals surface area contributed by atoms with E-state index in [-0.39, 0.29) is 38.3 Å². The molecule has 1 N–H and O–H groups in total. The van der Waals surface area contributed by atoms with Crippen molar-refractivity contribution in [2.24, 2.45) is 5.41 Å². The normalized spacial score (nSPS) is 22.4. The monoisotopic (exact) mass is 627 g/mol. The molecule has 2 fully saturated rings. The van der Waals surface area contributed by atoms with Crippen LogP contribution in [0, 0.1) is 5.41 Å². The third-order valence-electron chi connectivity index (χ3n) is 7.69. The van der Waals surface area contributed by atoms with Crippen LogP contribution < -0.4 is 14.4 Å². The number of ether oxygens (including phenoxy) is 1. The SMILES string of the molecule is C=C(C)/C(=C\C)S(=O)(=O)NC(=O)c1ccc(-n2ccc(OCC(C)(C)C(F)(F)F)n2)nc1N1CC2(CC1(C)C)S[C@H]2C. The molecule has 0 aliphatic carbocycles. The second kappa shape index (κ2) is 10.6. The fraction of sp³-hybridized carbons (Fsp3) is 0.536. The molecule has 230 valence electrons. The number of alkyl halides is 3. The van der Waals surface area contributed by atoms with Crippen molar-refractivity contribution in [3.8, 4) is 11.7 Å². The van der Waals surface area contributed by atoms with E-state index in [0.717, 1.165) is 20.3 Å². The third-order valence-corrected chi connectivity index (χ3v) is 11.0. The van der Waals surface area contributed by atoms with Gasteiger partial charge in [0, 0.05) is 34.3 Å². The quantitative estimate of drug-likeness (QED) is 0.282. The fourth-order valence-electron chi connectivity index (χ4n) is 5.06. The number of pyridine rings is 1. The first-order valence-electron chi connectivity index (χ1n) is 13.3. The van der Waals surface area contributed by atoms with Gasteiger partial charge in [0.2, 0.25) is 5.88 Å². The van der Waals surface area contributed by atoms with Crippen molar-refractivity contribution in [3.63, 3.8) is 0 Å². The maximum absolute atomic E-state index is 13.5. The predicted octanol–water partition coefficient (Wildman–Crippen LogP) is 5.64. The van der Waals surface area contributed by atoms with Crippen molar-refractivity contribution < 1.29 is 31.1 Å². The number of hydrogen-bond acceptors (Lipinski definition) is 8. The summed E-state index contributed by atoms with van der Waals surface area (Å²) in [5.41, 5.74) is -2.16. The number of thioether (sulfide) groups is 1. The Kier molecular flexibility index (Phi) is 8.07. The Balaban J connectivity index is 1.70. The molecule has 4 heterocycles. The Morgan fingerprint density at radius 3 is 2.45 bits per heavy atom. The molecule has 0 bridgehead atoms. The van der Waals surface area contributed by atoms with Gasteiger partial charge in [-0.1, -0.05) is 19.6 Å². The molecule has 2 aliphatic rings. The van der Waals surface area contributed by atoms with E-state index in [9.17, 15) is 26.4 Å².